The van der Waals surface area contributed by atoms with Gasteiger partial charge in [0.25, 0.3) is 0 Å². The van der Waals surface area contributed by atoms with Gasteiger partial charge in [-0.15, -0.1) is 0 Å². The lowest BCUT2D eigenvalue weighted by Crippen LogP contribution is -2.74. The van der Waals surface area contributed by atoms with E-state index in [2.05, 4.69) is 253 Å². The van der Waals surface area contributed by atoms with Crippen LogP contribution < -0.4 is 20.7 Å². The Labute approximate surface area is 415 Å². The Bertz CT molecular complexity index is 3870. The zero-order valence-corrected chi connectivity index (χ0v) is 40.2. The highest BCUT2D eigenvalue weighted by atomic mass is 28.3. The van der Waals surface area contributed by atoms with Crippen molar-refractivity contribution in [2.45, 2.75) is 19.3 Å². The molecule has 1 nitrogen and oxygen atoms in total. The fourth-order valence-corrected chi connectivity index (χ4v) is 17.9. The van der Waals surface area contributed by atoms with E-state index in [0.717, 1.165) is 19.3 Å². The van der Waals surface area contributed by atoms with Gasteiger partial charge in [0, 0.05) is 16.5 Å². The minimum Gasteiger partial charge on any atom is -0.309 e. The average molecular weight is 918 g/mol. The summed E-state index contributed by atoms with van der Waals surface area (Å²) in [6.45, 7) is 0. The number of fused-ring (bicyclic) bond motifs is 12. The molecule has 3 aliphatic carbocycles. The Morgan fingerprint density at radius 1 is 0.268 bits per heavy atom. The summed E-state index contributed by atoms with van der Waals surface area (Å²) in [4.78, 5) is 0. The van der Waals surface area contributed by atoms with Crippen molar-refractivity contribution in [3.8, 4) is 61.3 Å². The number of nitrogens with zero attached hydrogens (tertiary/aromatic N) is 1. The van der Waals surface area contributed by atoms with Crippen molar-refractivity contribution in [2.24, 2.45) is 0 Å². The molecular weight excluding hydrogens is 871 g/mol. The molecule has 0 spiro atoms. The van der Waals surface area contributed by atoms with Gasteiger partial charge in [0.1, 0.15) is 0 Å². The van der Waals surface area contributed by atoms with Crippen molar-refractivity contribution in [3.63, 3.8) is 0 Å². The molecule has 3 aliphatic rings. The highest BCUT2D eigenvalue weighted by molar-refractivity contribution is 7.19. The lowest BCUT2D eigenvalue weighted by atomic mass is 9.93. The summed E-state index contributed by atoms with van der Waals surface area (Å²) < 4.78 is 2.54. The standard InChI is InChI=1S/C69H47NSi/c1-4-18-52(19-5-1)71(53-20-6-2-7-21-53,54-22-8-3-9-23-54)55-35-31-48-38-47-30-34-51(43-62(47)63(48)44-55)70-68-36-32-49(58-26-14-28-60-56-24-12-10-16-45(56)39-64(58)60)41-66(68)67-42-50(33-37-69(67)70)59-27-15-29-61-57-25-13-11-17-46(57)40-65(59)61/h1-37,41-44H,38-40H2. The van der Waals surface area contributed by atoms with Crippen LogP contribution in [0.5, 0.6) is 0 Å². The zero-order chi connectivity index (χ0) is 46.6. The molecule has 0 atom stereocenters. The van der Waals surface area contributed by atoms with Crippen molar-refractivity contribution in [3.05, 3.63) is 282 Å². The van der Waals surface area contributed by atoms with E-state index in [0.29, 0.717) is 0 Å². The summed E-state index contributed by atoms with van der Waals surface area (Å²) in [5.41, 5.74) is 25.4. The molecule has 332 valence electrons. The van der Waals surface area contributed by atoms with Crippen molar-refractivity contribution in [1.82, 2.24) is 4.57 Å². The first kappa shape index (κ1) is 40.3. The van der Waals surface area contributed by atoms with E-state index in [1.807, 2.05) is 0 Å². The molecule has 0 amide bonds. The van der Waals surface area contributed by atoms with Crippen LogP contribution in [0.25, 0.3) is 83.1 Å². The van der Waals surface area contributed by atoms with E-state index in [9.17, 15) is 0 Å². The fourth-order valence-electron chi connectivity index (χ4n) is 13.1. The van der Waals surface area contributed by atoms with Gasteiger partial charge < -0.3 is 4.57 Å². The maximum absolute atomic E-state index is 2.73. The maximum atomic E-state index is 2.57. The van der Waals surface area contributed by atoms with Crippen molar-refractivity contribution < 1.29 is 0 Å². The molecule has 11 aromatic carbocycles. The second-order valence-electron chi connectivity index (χ2n) is 19.9. The smallest absolute Gasteiger partial charge is 0.179 e. The zero-order valence-electron chi connectivity index (χ0n) is 39.2. The molecule has 0 fully saturated rings. The second-order valence-corrected chi connectivity index (χ2v) is 23.7. The monoisotopic (exact) mass is 917 g/mol. The Morgan fingerprint density at radius 3 is 1.21 bits per heavy atom. The topological polar surface area (TPSA) is 4.93 Å². The Balaban J connectivity index is 0.923. The van der Waals surface area contributed by atoms with Crippen LogP contribution in [0.4, 0.5) is 0 Å². The molecule has 1 heterocycles. The van der Waals surface area contributed by atoms with Gasteiger partial charge in [0.2, 0.25) is 0 Å². The summed E-state index contributed by atoms with van der Waals surface area (Å²) in [7, 11) is -2.73. The first-order chi connectivity index (χ1) is 35.2. The third-order valence-corrected chi connectivity index (χ3v) is 21.0. The number of hydrogen-bond donors (Lipinski definition) is 0. The van der Waals surface area contributed by atoms with E-state index in [-0.39, 0.29) is 0 Å². The summed E-state index contributed by atoms with van der Waals surface area (Å²) in [6, 6.07) is 94.7. The minimum absolute atomic E-state index is 0.929. The summed E-state index contributed by atoms with van der Waals surface area (Å²) in [6.07, 6.45) is 2.84. The molecule has 0 N–H and O–H groups in total. The molecule has 0 unspecified atom stereocenters. The second kappa shape index (κ2) is 15.7. The predicted octanol–water partition coefficient (Wildman–Crippen LogP) is 14.2. The van der Waals surface area contributed by atoms with Gasteiger partial charge in [0.05, 0.1) is 11.0 Å². The molecule has 0 saturated carbocycles. The SMILES string of the molecule is c1ccc([Si](c2ccccc2)(c2ccccc2)c2ccc3c(c2)-c2cc(-n4c5ccc(-c6cccc7c6Cc6ccccc6-7)cc5c5cc(-c6cccc7c6Cc6ccccc6-7)ccc54)ccc2C3)cc1. The van der Waals surface area contributed by atoms with Gasteiger partial charge in [-0.2, -0.15) is 0 Å². The normalized spacial score (nSPS) is 12.9. The molecule has 0 bridgehead atoms. The lowest BCUT2D eigenvalue weighted by molar-refractivity contribution is 1.17. The van der Waals surface area contributed by atoms with Gasteiger partial charge in [-0.1, -0.05) is 212 Å². The summed E-state index contributed by atoms with van der Waals surface area (Å²) in [5.74, 6) is 0. The van der Waals surface area contributed by atoms with E-state index < -0.39 is 8.07 Å². The molecule has 2 heteroatoms. The van der Waals surface area contributed by atoms with Crippen LogP contribution >= 0.6 is 0 Å². The number of aromatic nitrogens is 1. The lowest BCUT2D eigenvalue weighted by Gasteiger charge is -2.34. The predicted molar refractivity (Wildman–Crippen MR) is 300 cm³/mol. The first-order valence-electron chi connectivity index (χ1n) is 25.1. The van der Waals surface area contributed by atoms with Crippen molar-refractivity contribution in [2.75, 3.05) is 0 Å². The van der Waals surface area contributed by atoms with Crippen LogP contribution in [0.2, 0.25) is 0 Å². The van der Waals surface area contributed by atoms with Gasteiger partial charge in [0.15, 0.2) is 8.07 Å². The van der Waals surface area contributed by atoms with Crippen LogP contribution in [0, 0.1) is 0 Å². The maximum Gasteiger partial charge on any atom is 0.179 e. The van der Waals surface area contributed by atoms with E-state index in [4.69, 9.17) is 0 Å². The van der Waals surface area contributed by atoms with Gasteiger partial charge >= 0.3 is 0 Å². The highest BCUT2D eigenvalue weighted by Crippen LogP contribution is 2.46. The molecule has 71 heavy (non-hydrogen) atoms. The fraction of sp³-hybridized carbons (Fsp3) is 0.0435. The third-order valence-electron chi connectivity index (χ3n) is 16.3. The molecule has 0 aliphatic heterocycles. The molecule has 12 aromatic rings. The van der Waals surface area contributed by atoms with Crippen LogP contribution in [-0.4, -0.2) is 12.6 Å². The number of benzene rings is 11. The van der Waals surface area contributed by atoms with E-state index in [1.165, 1.54) is 137 Å². The third kappa shape index (κ3) is 6.05. The largest absolute Gasteiger partial charge is 0.309 e. The molecule has 0 saturated heterocycles. The van der Waals surface area contributed by atoms with Crippen LogP contribution in [0.3, 0.4) is 0 Å². The molecular formula is C69H47NSi. The Morgan fingerprint density at radius 2 is 0.690 bits per heavy atom. The molecule has 1 aromatic heterocycles. The Hall–Kier alpha value is -8.56. The quantitative estimate of drug-likeness (QED) is 0.111. The number of hydrogen-bond acceptors (Lipinski definition) is 0. The minimum atomic E-state index is -2.73. The van der Waals surface area contributed by atoms with Crippen LogP contribution in [0.1, 0.15) is 33.4 Å². The number of rotatable bonds is 7. The van der Waals surface area contributed by atoms with Gasteiger partial charge in [-0.25, -0.2) is 0 Å². The van der Waals surface area contributed by atoms with E-state index in [1.54, 1.807) is 0 Å². The summed E-state index contributed by atoms with van der Waals surface area (Å²) >= 11 is 0. The van der Waals surface area contributed by atoms with Gasteiger partial charge in [-0.3, -0.25) is 0 Å². The van der Waals surface area contributed by atoms with Crippen LogP contribution in [-0.2, 0) is 19.3 Å². The van der Waals surface area contributed by atoms with Crippen LogP contribution in [0.15, 0.2) is 249 Å². The Kier molecular flexibility index (Phi) is 8.94. The van der Waals surface area contributed by atoms with Crippen molar-refractivity contribution >= 4 is 50.6 Å². The summed E-state index contributed by atoms with van der Waals surface area (Å²) in [5, 5.41) is 8.13. The average Bonchev–Trinajstić information content (AvgIpc) is 4.20. The first-order valence-corrected chi connectivity index (χ1v) is 27.1. The highest BCUT2D eigenvalue weighted by Gasteiger charge is 2.42. The van der Waals surface area contributed by atoms with Gasteiger partial charge in [-0.05, 0) is 165 Å². The molecule has 0 radical (unpaired) electrons. The van der Waals surface area contributed by atoms with E-state index >= 15 is 0 Å². The van der Waals surface area contributed by atoms with Crippen molar-refractivity contribution in [1.29, 1.82) is 0 Å². The molecule has 15 rings (SSSR count).